The van der Waals surface area contributed by atoms with Crippen molar-refractivity contribution in [2.75, 3.05) is 26.8 Å². The van der Waals surface area contributed by atoms with E-state index in [0.29, 0.717) is 38.9 Å². The summed E-state index contributed by atoms with van der Waals surface area (Å²) in [7, 11) is -1.72. The summed E-state index contributed by atoms with van der Waals surface area (Å²) in [5, 5.41) is 2.06. The van der Waals surface area contributed by atoms with Gasteiger partial charge in [0.05, 0.1) is 22.7 Å². The highest BCUT2D eigenvalue weighted by Crippen LogP contribution is 2.37. The fourth-order valence-electron chi connectivity index (χ4n) is 4.33. The second-order valence-corrected chi connectivity index (χ2v) is 10.7. The Labute approximate surface area is 170 Å². The fraction of sp³-hybridized carbons (Fsp3) is 0.941. The summed E-state index contributed by atoms with van der Waals surface area (Å²) in [6.07, 6.45) is 0.241. The van der Waals surface area contributed by atoms with Crippen LogP contribution >= 0.6 is 11.6 Å². The average molecular weight is 441 g/mol. The van der Waals surface area contributed by atoms with Crippen LogP contribution in [0.15, 0.2) is 0 Å². The summed E-state index contributed by atoms with van der Waals surface area (Å²) in [5.74, 6) is -1.61. The molecule has 162 valence electrons. The molecule has 2 saturated heterocycles. The third-order valence-corrected chi connectivity index (χ3v) is 8.40. The molecule has 6 unspecified atom stereocenters. The lowest BCUT2D eigenvalue weighted by atomic mass is 9.76. The van der Waals surface area contributed by atoms with Crippen molar-refractivity contribution in [3.05, 3.63) is 0 Å². The molecule has 3 N–H and O–H groups in total. The van der Waals surface area contributed by atoms with Crippen molar-refractivity contribution in [1.29, 1.82) is 0 Å². The highest BCUT2D eigenvalue weighted by atomic mass is 35.5. The van der Waals surface area contributed by atoms with Crippen molar-refractivity contribution in [3.8, 4) is 0 Å². The lowest BCUT2D eigenvalue weighted by Crippen LogP contribution is -2.53. The first-order chi connectivity index (χ1) is 13.2. The number of hydrazine groups is 1. The molecule has 6 atom stereocenters. The SMILES string of the molecule is CC1NC(C2CC(Cl)C(F)C(C(=O)NNS(=O)(=O)C3CCOCC3)C2)CN1C. The number of rotatable bonds is 5. The number of carbonyl (C=O) groups is 1. The van der Waals surface area contributed by atoms with Gasteiger partial charge >= 0.3 is 0 Å². The summed E-state index contributed by atoms with van der Waals surface area (Å²) in [4.78, 5) is 16.9. The summed E-state index contributed by atoms with van der Waals surface area (Å²) in [6, 6.07) is 0.128. The Bertz CT molecular complexity index is 654. The van der Waals surface area contributed by atoms with Gasteiger partial charge in [0.2, 0.25) is 15.9 Å². The van der Waals surface area contributed by atoms with Crippen LogP contribution < -0.4 is 15.6 Å². The number of carbonyl (C=O) groups excluding carboxylic acids is 1. The van der Waals surface area contributed by atoms with E-state index >= 15 is 0 Å². The molecule has 3 rings (SSSR count). The zero-order valence-corrected chi connectivity index (χ0v) is 17.8. The van der Waals surface area contributed by atoms with Crippen molar-refractivity contribution in [3.63, 3.8) is 0 Å². The van der Waals surface area contributed by atoms with Gasteiger partial charge in [0.15, 0.2) is 0 Å². The lowest BCUT2D eigenvalue weighted by Gasteiger charge is -2.37. The Morgan fingerprint density at radius 3 is 2.57 bits per heavy atom. The summed E-state index contributed by atoms with van der Waals surface area (Å²) < 4.78 is 44.5. The molecule has 3 aliphatic rings. The highest BCUT2D eigenvalue weighted by molar-refractivity contribution is 7.90. The van der Waals surface area contributed by atoms with Gasteiger partial charge in [-0.2, -0.15) is 0 Å². The first-order valence-corrected chi connectivity index (χ1v) is 11.8. The van der Waals surface area contributed by atoms with E-state index < -0.39 is 38.6 Å². The minimum Gasteiger partial charge on any atom is -0.381 e. The molecule has 28 heavy (non-hydrogen) atoms. The van der Waals surface area contributed by atoms with Crippen molar-refractivity contribution >= 4 is 27.5 Å². The molecule has 8 nitrogen and oxygen atoms in total. The van der Waals surface area contributed by atoms with Gasteiger partial charge in [0.1, 0.15) is 6.17 Å². The monoisotopic (exact) mass is 440 g/mol. The van der Waals surface area contributed by atoms with Crippen molar-refractivity contribution < 1.29 is 22.3 Å². The maximum Gasteiger partial charge on any atom is 0.241 e. The molecule has 0 aromatic rings. The molecule has 3 fully saturated rings. The van der Waals surface area contributed by atoms with Crippen LogP contribution in [0.25, 0.3) is 0 Å². The van der Waals surface area contributed by atoms with Crippen LogP contribution in [0.2, 0.25) is 0 Å². The van der Waals surface area contributed by atoms with Gasteiger partial charge in [0, 0.05) is 25.8 Å². The predicted octanol–water partition coefficient (Wildman–Crippen LogP) is 0.337. The second kappa shape index (κ2) is 9.09. The number of ether oxygens (including phenoxy) is 1. The van der Waals surface area contributed by atoms with Crippen LogP contribution in [-0.2, 0) is 19.6 Å². The average Bonchev–Trinajstić information content (AvgIpc) is 3.01. The number of likely N-dealkylation sites (N-methyl/N-ethyl adjacent to an activating group) is 1. The lowest BCUT2D eigenvalue weighted by molar-refractivity contribution is -0.129. The van der Waals surface area contributed by atoms with Gasteiger partial charge in [-0.15, -0.1) is 16.4 Å². The normalized spacial score (nSPS) is 38.4. The summed E-state index contributed by atoms with van der Waals surface area (Å²) in [5.41, 5.74) is 2.22. The molecule has 2 heterocycles. The number of amides is 1. The van der Waals surface area contributed by atoms with Crippen molar-refractivity contribution in [2.45, 2.75) is 61.6 Å². The number of nitrogens with one attached hydrogen (secondary N) is 3. The Morgan fingerprint density at radius 1 is 1.29 bits per heavy atom. The number of alkyl halides is 2. The number of halogens is 2. The number of hydrogen-bond acceptors (Lipinski definition) is 6. The zero-order chi connectivity index (χ0) is 20.5. The summed E-state index contributed by atoms with van der Waals surface area (Å²) >= 11 is 6.21. The van der Waals surface area contributed by atoms with E-state index in [-0.39, 0.29) is 18.1 Å². The molecule has 11 heteroatoms. The third kappa shape index (κ3) is 4.96. The van der Waals surface area contributed by atoms with Gasteiger partial charge in [-0.05, 0) is 45.6 Å². The van der Waals surface area contributed by atoms with Crippen molar-refractivity contribution in [1.82, 2.24) is 20.5 Å². The molecular formula is C17H30ClFN4O4S. The van der Waals surface area contributed by atoms with Crippen LogP contribution in [0, 0.1) is 11.8 Å². The number of nitrogens with zero attached hydrogens (tertiary/aromatic N) is 1. The van der Waals surface area contributed by atoms with E-state index in [1.165, 1.54) is 0 Å². The van der Waals surface area contributed by atoms with Crippen LogP contribution in [0.4, 0.5) is 4.39 Å². The Morgan fingerprint density at radius 2 is 1.96 bits per heavy atom. The first kappa shape index (κ1) is 22.2. The maximum absolute atomic E-state index is 14.7. The van der Waals surface area contributed by atoms with Gasteiger partial charge in [-0.25, -0.2) is 12.8 Å². The Kier molecular flexibility index (Phi) is 7.20. The minimum absolute atomic E-state index is 0.0461. The van der Waals surface area contributed by atoms with Crippen LogP contribution in [0.1, 0.15) is 32.6 Å². The maximum atomic E-state index is 14.7. The molecule has 1 saturated carbocycles. The Hall–Kier alpha value is -0.520. The minimum atomic E-state index is -3.73. The second-order valence-electron chi connectivity index (χ2n) is 8.14. The quantitative estimate of drug-likeness (QED) is 0.421. The van der Waals surface area contributed by atoms with Gasteiger partial charge in [-0.3, -0.25) is 20.4 Å². The predicted molar refractivity (Wildman–Crippen MR) is 104 cm³/mol. The van der Waals surface area contributed by atoms with Crippen molar-refractivity contribution in [2.24, 2.45) is 11.8 Å². The Balaban J connectivity index is 1.59. The molecule has 1 aliphatic carbocycles. The highest BCUT2D eigenvalue weighted by Gasteiger charge is 2.45. The largest absolute Gasteiger partial charge is 0.381 e. The van der Waals surface area contributed by atoms with E-state index in [0.717, 1.165) is 6.54 Å². The number of hydrogen-bond donors (Lipinski definition) is 3. The van der Waals surface area contributed by atoms with Crippen LogP contribution in [-0.4, -0.2) is 75.0 Å². The molecule has 0 radical (unpaired) electrons. The standard InChI is InChI=1S/C17H30ClFN4O4S/c1-10-20-15(9-23(10)2)11-7-13(16(19)14(18)8-11)17(24)21-22-28(25,26)12-3-5-27-6-4-12/h10-16,20,22H,3-9H2,1-2H3,(H,21,24). The number of sulfonamides is 1. The van der Waals surface area contributed by atoms with Crippen LogP contribution in [0.3, 0.4) is 0 Å². The topological polar surface area (TPSA) is 99.8 Å². The first-order valence-electron chi connectivity index (χ1n) is 9.81. The van der Waals surface area contributed by atoms with E-state index in [9.17, 15) is 17.6 Å². The molecule has 0 aromatic carbocycles. The molecule has 2 aliphatic heterocycles. The van der Waals surface area contributed by atoms with E-state index in [1.807, 2.05) is 14.0 Å². The van der Waals surface area contributed by atoms with Crippen LogP contribution in [0.5, 0.6) is 0 Å². The third-order valence-electron chi connectivity index (χ3n) is 6.25. The van der Waals surface area contributed by atoms with E-state index in [1.54, 1.807) is 0 Å². The fourth-order valence-corrected chi connectivity index (χ4v) is 5.96. The van der Waals surface area contributed by atoms with E-state index in [2.05, 4.69) is 20.5 Å². The van der Waals surface area contributed by atoms with Gasteiger partial charge in [0.25, 0.3) is 0 Å². The van der Waals surface area contributed by atoms with Gasteiger partial charge < -0.3 is 4.74 Å². The molecule has 0 aromatic heterocycles. The molecule has 0 spiro atoms. The smallest absolute Gasteiger partial charge is 0.241 e. The molecular weight excluding hydrogens is 411 g/mol. The molecule has 1 amide bonds. The van der Waals surface area contributed by atoms with Gasteiger partial charge in [-0.1, -0.05) is 0 Å². The zero-order valence-electron chi connectivity index (χ0n) is 16.2. The molecule has 0 bridgehead atoms. The summed E-state index contributed by atoms with van der Waals surface area (Å²) in [6.45, 7) is 3.59. The van der Waals surface area contributed by atoms with E-state index in [4.69, 9.17) is 16.3 Å².